The highest BCUT2D eigenvalue weighted by atomic mass is 16.5. The quantitative estimate of drug-likeness (QED) is 0.886. The molecule has 0 bridgehead atoms. The highest BCUT2D eigenvalue weighted by Crippen LogP contribution is 2.61. The van der Waals surface area contributed by atoms with Crippen molar-refractivity contribution in [3.05, 3.63) is 35.4 Å². The summed E-state index contributed by atoms with van der Waals surface area (Å²) in [7, 11) is 0. The Labute approximate surface area is 142 Å². The maximum Gasteiger partial charge on any atom is 0.239 e. The number of rotatable bonds is 4. The van der Waals surface area contributed by atoms with Crippen LogP contribution in [0.5, 0.6) is 0 Å². The summed E-state index contributed by atoms with van der Waals surface area (Å²) in [5.41, 5.74) is 7.29. The number of nitrogens with one attached hydrogen (secondary N) is 1. The second-order valence-electron chi connectivity index (χ2n) is 7.40. The number of nitrogens with two attached hydrogens (primary N) is 1. The fraction of sp³-hybridized carbons (Fsp3) is 0.579. The SMILES string of the molecule is N#Cc1ccc(C(NC2C3CCOC3C23CCCC3)C(N)=O)cc1. The summed E-state index contributed by atoms with van der Waals surface area (Å²) in [5.74, 6) is 0.124. The van der Waals surface area contributed by atoms with Gasteiger partial charge in [0.2, 0.25) is 5.91 Å². The zero-order valence-electron chi connectivity index (χ0n) is 13.7. The molecule has 0 radical (unpaired) electrons. The van der Waals surface area contributed by atoms with E-state index in [0.717, 1.165) is 18.6 Å². The molecule has 1 heterocycles. The Balaban J connectivity index is 1.58. The molecule has 3 aliphatic rings. The van der Waals surface area contributed by atoms with Gasteiger partial charge in [0.1, 0.15) is 6.04 Å². The molecule has 4 rings (SSSR count). The number of primary amides is 1. The summed E-state index contributed by atoms with van der Waals surface area (Å²) in [6, 6.07) is 9.00. The maximum absolute atomic E-state index is 12.1. The molecule has 3 fully saturated rings. The minimum Gasteiger partial charge on any atom is -0.377 e. The van der Waals surface area contributed by atoms with E-state index >= 15 is 0 Å². The normalized spacial score (nSPS) is 31.2. The molecule has 2 aliphatic carbocycles. The van der Waals surface area contributed by atoms with E-state index in [1.54, 1.807) is 12.1 Å². The van der Waals surface area contributed by atoms with Gasteiger partial charge in [-0.3, -0.25) is 10.1 Å². The van der Waals surface area contributed by atoms with Crippen LogP contribution in [-0.4, -0.2) is 24.7 Å². The van der Waals surface area contributed by atoms with Gasteiger partial charge in [0.25, 0.3) is 0 Å². The number of ether oxygens (including phenoxy) is 1. The summed E-state index contributed by atoms with van der Waals surface area (Å²) in [6.45, 7) is 0.827. The average Bonchev–Trinajstić information content (AvgIpc) is 3.24. The van der Waals surface area contributed by atoms with Gasteiger partial charge < -0.3 is 10.5 Å². The second-order valence-corrected chi connectivity index (χ2v) is 7.40. The lowest BCUT2D eigenvalue weighted by Crippen LogP contribution is -2.68. The van der Waals surface area contributed by atoms with Crippen LogP contribution < -0.4 is 11.1 Å². The molecule has 24 heavy (non-hydrogen) atoms. The van der Waals surface area contributed by atoms with E-state index in [1.165, 1.54) is 25.7 Å². The Hall–Kier alpha value is -1.90. The lowest BCUT2D eigenvalue weighted by molar-refractivity contribution is -0.139. The molecular formula is C19H23N3O2. The molecule has 4 atom stereocenters. The largest absolute Gasteiger partial charge is 0.377 e. The monoisotopic (exact) mass is 325 g/mol. The van der Waals surface area contributed by atoms with E-state index in [9.17, 15) is 4.79 Å². The standard InChI is InChI=1S/C19H23N3O2/c20-11-12-3-5-13(6-4-12)15(18(21)23)22-16-14-7-10-24-17(14)19(16)8-1-2-9-19/h3-6,14-17,22H,1-2,7-10H2,(H2,21,23). The van der Waals surface area contributed by atoms with Crippen molar-refractivity contribution in [2.75, 3.05) is 6.61 Å². The second kappa shape index (κ2) is 5.87. The zero-order valence-corrected chi connectivity index (χ0v) is 13.7. The molecule has 1 aromatic rings. The molecule has 0 aromatic heterocycles. The molecule has 1 aromatic carbocycles. The molecular weight excluding hydrogens is 302 g/mol. The number of hydrogen-bond acceptors (Lipinski definition) is 4. The van der Waals surface area contributed by atoms with Crippen molar-refractivity contribution in [3.8, 4) is 6.07 Å². The van der Waals surface area contributed by atoms with Crippen LogP contribution in [0.3, 0.4) is 0 Å². The minimum atomic E-state index is -0.512. The number of carbonyl (C=O) groups is 1. The molecule has 1 amide bonds. The molecule has 126 valence electrons. The fourth-order valence-corrected chi connectivity index (χ4v) is 5.22. The average molecular weight is 325 g/mol. The first-order chi connectivity index (χ1) is 11.7. The smallest absolute Gasteiger partial charge is 0.239 e. The first kappa shape index (κ1) is 15.6. The molecule has 4 unspecified atom stereocenters. The lowest BCUT2D eigenvalue weighted by atomic mass is 9.54. The Morgan fingerprint density at radius 3 is 2.67 bits per heavy atom. The Bertz CT molecular complexity index is 673. The third-order valence-corrected chi connectivity index (χ3v) is 6.29. The Morgan fingerprint density at radius 1 is 1.33 bits per heavy atom. The van der Waals surface area contributed by atoms with Gasteiger partial charge in [-0.25, -0.2) is 0 Å². The number of benzene rings is 1. The number of amides is 1. The van der Waals surface area contributed by atoms with Crippen LogP contribution in [0.1, 0.15) is 49.3 Å². The lowest BCUT2D eigenvalue weighted by Gasteiger charge is -2.57. The van der Waals surface area contributed by atoms with E-state index in [4.69, 9.17) is 15.7 Å². The fourth-order valence-electron chi connectivity index (χ4n) is 5.22. The van der Waals surface area contributed by atoms with Gasteiger partial charge in [-0.1, -0.05) is 25.0 Å². The van der Waals surface area contributed by atoms with Crippen molar-refractivity contribution in [2.24, 2.45) is 17.1 Å². The van der Waals surface area contributed by atoms with Crippen LogP contribution in [-0.2, 0) is 9.53 Å². The van der Waals surface area contributed by atoms with E-state index in [-0.39, 0.29) is 11.3 Å². The highest BCUT2D eigenvalue weighted by molar-refractivity contribution is 5.81. The van der Waals surface area contributed by atoms with E-state index in [2.05, 4.69) is 11.4 Å². The van der Waals surface area contributed by atoms with Gasteiger partial charge in [0.05, 0.1) is 17.7 Å². The first-order valence-electron chi connectivity index (χ1n) is 8.83. The molecule has 1 aliphatic heterocycles. The molecule has 3 N–H and O–H groups in total. The maximum atomic E-state index is 12.1. The van der Waals surface area contributed by atoms with Crippen LogP contribution in [0, 0.1) is 22.7 Å². The summed E-state index contributed by atoms with van der Waals surface area (Å²) in [6.07, 6.45) is 6.23. The zero-order chi connectivity index (χ0) is 16.7. The van der Waals surface area contributed by atoms with Crippen molar-refractivity contribution in [1.29, 1.82) is 5.26 Å². The summed E-state index contributed by atoms with van der Waals surface area (Å²) in [5, 5.41) is 12.5. The Morgan fingerprint density at radius 2 is 2.04 bits per heavy atom. The minimum absolute atomic E-state index is 0.182. The van der Waals surface area contributed by atoms with Gasteiger partial charge in [0.15, 0.2) is 0 Å². The van der Waals surface area contributed by atoms with Gasteiger partial charge in [-0.15, -0.1) is 0 Å². The first-order valence-corrected chi connectivity index (χ1v) is 8.83. The van der Waals surface area contributed by atoms with Crippen molar-refractivity contribution < 1.29 is 9.53 Å². The van der Waals surface area contributed by atoms with Crippen LogP contribution in [0.4, 0.5) is 0 Å². The molecule has 2 saturated carbocycles. The summed E-state index contributed by atoms with van der Waals surface area (Å²) in [4.78, 5) is 12.1. The van der Waals surface area contributed by atoms with Gasteiger partial charge >= 0.3 is 0 Å². The van der Waals surface area contributed by atoms with Crippen LogP contribution in [0.2, 0.25) is 0 Å². The third-order valence-electron chi connectivity index (χ3n) is 6.29. The van der Waals surface area contributed by atoms with Crippen LogP contribution in [0.15, 0.2) is 24.3 Å². The number of nitriles is 1. The topological polar surface area (TPSA) is 88.1 Å². The van der Waals surface area contributed by atoms with Crippen molar-refractivity contribution in [3.63, 3.8) is 0 Å². The van der Waals surface area contributed by atoms with E-state index in [0.29, 0.717) is 23.6 Å². The molecule has 5 heteroatoms. The highest BCUT2D eigenvalue weighted by Gasteiger charge is 2.65. The third kappa shape index (κ3) is 2.25. The summed E-state index contributed by atoms with van der Waals surface area (Å²) < 4.78 is 6.01. The number of fused-ring (bicyclic) bond motifs is 2. The van der Waals surface area contributed by atoms with E-state index in [1.807, 2.05) is 12.1 Å². The van der Waals surface area contributed by atoms with Gasteiger partial charge in [-0.2, -0.15) is 5.26 Å². The molecule has 1 saturated heterocycles. The van der Waals surface area contributed by atoms with E-state index < -0.39 is 6.04 Å². The van der Waals surface area contributed by atoms with Crippen LogP contribution >= 0.6 is 0 Å². The Kier molecular flexibility index (Phi) is 3.82. The van der Waals surface area contributed by atoms with Gasteiger partial charge in [-0.05, 0) is 37.0 Å². The van der Waals surface area contributed by atoms with Crippen LogP contribution in [0.25, 0.3) is 0 Å². The number of carbonyl (C=O) groups excluding carboxylic acids is 1. The van der Waals surface area contributed by atoms with Crippen molar-refractivity contribution in [1.82, 2.24) is 5.32 Å². The van der Waals surface area contributed by atoms with Gasteiger partial charge in [0, 0.05) is 24.0 Å². The predicted octanol–water partition coefficient (Wildman–Crippen LogP) is 2.02. The number of nitrogens with zero attached hydrogens (tertiary/aromatic N) is 1. The predicted molar refractivity (Wildman–Crippen MR) is 88.8 cm³/mol. The number of hydrogen-bond donors (Lipinski definition) is 2. The molecule has 5 nitrogen and oxygen atoms in total. The molecule has 1 spiro atoms. The summed E-state index contributed by atoms with van der Waals surface area (Å²) >= 11 is 0. The van der Waals surface area contributed by atoms with Crippen molar-refractivity contribution in [2.45, 2.75) is 50.3 Å². The van der Waals surface area contributed by atoms with Crippen molar-refractivity contribution >= 4 is 5.91 Å².